The predicted molar refractivity (Wildman–Crippen MR) is 66.5 cm³/mol. The zero-order valence-corrected chi connectivity index (χ0v) is 9.96. The van der Waals surface area contributed by atoms with Gasteiger partial charge in [0, 0.05) is 36.3 Å². The number of rotatable bonds is 3. The first kappa shape index (κ1) is 11.0. The molecule has 1 unspecified atom stereocenters. The van der Waals surface area contributed by atoms with Gasteiger partial charge in [0.05, 0.1) is 0 Å². The lowest BCUT2D eigenvalue weighted by atomic mass is 10.2. The van der Waals surface area contributed by atoms with E-state index < -0.39 is 0 Å². The van der Waals surface area contributed by atoms with Crippen LogP contribution in [0, 0.1) is 0 Å². The van der Waals surface area contributed by atoms with Crippen LogP contribution in [0.15, 0.2) is 35.2 Å². The smallest absolute Gasteiger partial charge is 0.0312 e. The fourth-order valence-corrected chi connectivity index (χ4v) is 2.86. The molecule has 15 heavy (non-hydrogen) atoms. The maximum atomic E-state index is 3.45. The fourth-order valence-electron chi connectivity index (χ4n) is 1.76. The van der Waals surface area contributed by atoms with Crippen LogP contribution in [0.5, 0.6) is 0 Å². The number of nitrogens with zero attached hydrogens (tertiary/aromatic N) is 1. The second-order valence-electron chi connectivity index (χ2n) is 3.96. The van der Waals surface area contributed by atoms with Crippen LogP contribution in [0.4, 0.5) is 0 Å². The quantitative estimate of drug-likeness (QED) is 0.783. The van der Waals surface area contributed by atoms with Crippen molar-refractivity contribution in [1.29, 1.82) is 0 Å². The van der Waals surface area contributed by atoms with Gasteiger partial charge in [-0.1, -0.05) is 18.2 Å². The second-order valence-corrected chi connectivity index (χ2v) is 5.06. The highest BCUT2D eigenvalue weighted by molar-refractivity contribution is 7.99. The van der Waals surface area contributed by atoms with Crippen molar-refractivity contribution >= 4 is 11.8 Å². The third-order valence-corrected chi connectivity index (χ3v) is 3.99. The molecule has 0 bridgehead atoms. The van der Waals surface area contributed by atoms with Gasteiger partial charge in [0.1, 0.15) is 0 Å². The monoisotopic (exact) mass is 222 g/mol. The number of hydrogen-bond donors (Lipinski definition) is 1. The molecule has 0 radical (unpaired) electrons. The van der Waals surface area contributed by atoms with Crippen molar-refractivity contribution in [2.45, 2.75) is 10.9 Å². The maximum absolute atomic E-state index is 3.45. The van der Waals surface area contributed by atoms with E-state index in [4.69, 9.17) is 0 Å². The Morgan fingerprint density at radius 2 is 2.20 bits per heavy atom. The average Bonchev–Trinajstić information content (AvgIpc) is 2.29. The number of thioether (sulfide) groups is 1. The van der Waals surface area contributed by atoms with Crippen LogP contribution in [0.25, 0.3) is 0 Å². The molecule has 1 N–H and O–H groups in total. The second kappa shape index (κ2) is 5.54. The van der Waals surface area contributed by atoms with Crippen molar-refractivity contribution in [3.63, 3.8) is 0 Å². The number of benzene rings is 1. The molecule has 1 aromatic carbocycles. The Labute approximate surface area is 96.0 Å². The lowest BCUT2D eigenvalue weighted by Crippen LogP contribution is -2.50. The first-order chi connectivity index (χ1) is 7.36. The van der Waals surface area contributed by atoms with E-state index in [0.29, 0.717) is 6.04 Å². The fraction of sp³-hybridized carbons (Fsp3) is 0.500. The first-order valence-corrected chi connectivity index (χ1v) is 6.43. The van der Waals surface area contributed by atoms with Gasteiger partial charge in [0.25, 0.3) is 0 Å². The Hall–Kier alpha value is -0.510. The third kappa shape index (κ3) is 3.23. The molecule has 0 aliphatic carbocycles. The zero-order valence-electron chi connectivity index (χ0n) is 9.15. The summed E-state index contributed by atoms with van der Waals surface area (Å²) in [7, 11) is 2.22. The third-order valence-electron chi connectivity index (χ3n) is 2.83. The topological polar surface area (TPSA) is 15.3 Å². The number of hydrogen-bond acceptors (Lipinski definition) is 3. The molecule has 1 aliphatic heterocycles. The van der Waals surface area contributed by atoms with Crippen molar-refractivity contribution in [2.24, 2.45) is 0 Å². The van der Waals surface area contributed by atoms with Gasteiger partial charge in [0.15, 0.2) is 0 Å². The minimum atomic E-state index is 0.670. The minimum Gasteiger partial charge on any atom is -0.314 e. The van der Waals surface area contributed by atoms with Crippen LogP contribution in [0.3, 0.4) is 0 Å². The van der Waals surface area contributed by atoms with Crippen LogP contribution >= 0.6 is 11.8 Å². The highest BCUT2D eigenvalue weighted by Gasteiger charge is 2.18. The summed E-state index contributed by atoms with van der Waals surface area (Å²) in [6.07, 6.45) is 0. The van der Waals surface area contributed by atoms with Crippen molar-refractivity contribution < 1.29 is 0 Å². The van der Waals surface area contributed by atoms with Gasteiger partial charge >= 0.3 is 0 Å². The van der Waals surface area contributed by atoms with E-state index in [1.54, 1.807) is 0 Å². The number of likely N-dealkylation sites (N-methyl/N-ethyl adjacent to an activating group) is 1. The molecule has 82 valence electrons. The van der Waals surface area contributed by atoms with E-state index in [2.05, 4.69) is 47.6 Å². The molecule has 0 amide bonds. The molecule has 1 fully saturated rings. The first-order valence-electron chi connectivity index (χ1n) is 5.45. The molecular weight excluding hydrogens is 204 g/mol. The Bertz CT molecular complexity index is 289. The summed E-state index contributed by atoms with van der Waals surface area (Å²) in [5.74, 6) is 1.17. The predicted octanol–water partition coefficient (Wildman–Crippen LogP) is 1.68. The average molecular weight is 222 g/mol. The van der Waals surface area contributed by atoms with Gasteiger partial charge in [0.2, 0.25) is 0 Å². The molecule has 1 heterocycles. The van der Waals surface area contributed by atoms with Crippen LogP contribution in [0.1, 0.15) is 0 Å². The molecule has 0 spiro atoms. The summed E-state index contributed by atoms with van der Waals surface area (Å²) >= 11 is 1.95. The van der Waals surface area contributed by atoms with E-state index in [-0.39, 0.29) is 0 Å². The Morgan fingerprint density at radius 1 is 1.40 bits per heavy atom. The van der Waals surface area contributed by atoms with E-state index in [1.807, 2.05) is 11.8 Å². The summed E-state index contributed by atoms with van der Waals surface area (Å²) < 4.78 is 0. The van der Waals surface area contributed by atoms with Crippen LogP contribution < -0.4 is 5.32 Å². The molecule has 1 saturated heterocycles. The zero-order chi connectivity index (χ0) is 10.5. The number of piperazine rings is 1. The van der Waals surface area contributed by atoms with Gasteiger partial charge in [-0.25, -0.2) is 0 Å². The molecule has 1 aromatic rings. The largest absolute Gasteiger partial charge is 0.314 e. The van der Waals surface area contributed by atoms with Crippen molar-refractivity contribution in [2.75, 3.05) is 32.4 Å². The minimum absolute atomic E-state index is 0.670. The Balaban J connectivity index is 1.82. The molecule has 2 nitrogen and oxygen atoms in total. The lowest BCUT2D eigenvalue weighted by Gasteiger charge is -2.32. The molecule has 3 heteroatoms. The van der Waals surface area contributed by atoms with Crippen LogP contribution in [-0.2, 0) is 0 Å². The SMILES string of the molecule is CN1CCNCC1CSc1ccccc1. The van der Waals surface area contributed by atoms with Crippen molar-refractivity contribution in [1.82, 2.24) is 10.2 Å². The molecule has 2 rings (SSSR count). The summed E-state index contributed by atoms with van der Waals surface area (Å²) in [4.78, 5) is 3.82. The van der Waals surface area contributed by atoms with Crippen molar-refractivity contribution in [3.05, 3.63) is 30.3 Å². The summed E-state index contributed by atoms with van der Waals surface area (Å²) in [6, 6.07) is 11.3. The van der Waals surface area contributed by atoms with Crippen LogP contribution in [0.2, 0.25) is 0 Å². The molecule has 0 saturated carbocycles. The van der Waals surface area contributed by atoms with E-state index in [0.717, 1.165) is 13.1 Å². The maximum Gasteiger partial charge on any atom is 0.0312 e. The number of nitrogens with one attached hydrogen (secondary N) is 1. The Kier molecular flexibility index (Phi) is 4.06. The highest BCUT2D eigenvalue weighted by atomic mass is 32.2. The molecule has 1 aliphatic rings. The summed E-state index contributed by atoms with van der Waals surface area (Å²) in [5.41, 5.74) is 0. The molecule has 1 atom stereocenters. The lowest BCUT2D eigenvalue weighted by molar-refractivity contribution is 0.218. The Morgan fingerprint density at radius 3 is 2.93 bits per heavy atom. The van der Waals surface area contributed by atoms with E-state index in [9.17, 15) is 0 Å². The molecule has 0 aromatic heterocycles. The van der Waals surface area contributed by atoms with Gasteiger partial charge in [-0.3, -0.25) is 0 Å². The highest BCUT2D eigenvalue weighted by Crippen LogP contribution is 2.19. The standard InChI is InChI=1S/C12H18N2S/c1-14-8-7-13-9-11(14)10-15-12-5-3-2-4-6-12/h2-6,11,13H,7-10H2,1H3. The van der Waals surface area contributed by atoms with Crippen LogP contribution in [-0.4, -0.2) is 43.4 Å². The van der Waals surface area contributed by atoms with E-state index in [1.165, 1.54) is 17.2 Å². The summed E-state index contributed by atoms with van der Waals surface area (Å²) in [6.45, 7) is 3.42. The van der Waals surface area contributed by atoms with Gasteiger partial charge < -0.3 is 10.2 Å². The van der Waals surface area contributed by atoms with Gasteiger partial charge in [-0.05, 0) is 19.2 Å². The normalized spacial score (nSPS) is 22.9. The van der Waals surface area contributed by atoms with Gasteiger partial charge in [-0.15, -0.1) is 11.8 Å². The van der Waals surface area contributed by atoms with Gasteiger partial charge in [-0.2, -0.15) is 0 Å². The molecular formula is C12H18N2S. The van der Waals surface area contributed by atoms with Crippen molar-refractivity contribution in [3.8, 4) is 0 Å². The summed E-state index contributed by atoms with van der Waals surface area (Å²) in [5, 5.41) is 3.45. The van der Waals surface area contributed by atoms with E-state index >= 15 is 0 Å².